The molecular formula is C12H22Cl2N4. The molecule has 1 aromatic carbocycles. The summed E-state index contributed by atoms with van der Waals surface area (Å²) in [6.45, 7) is 5.63. The molecule has 6 heteroatoms. The van der Waals surface area contributed by atoms with Gasteiger partial charge in [-0.05, 0) is 38.1 Å². The smallest absolute Gasteiger partial charge is 0.192 e. The molecule has 0 heterocycles. The zero-order valence-electron chi connectivity index (χ0n) is 11.0. The van der Waals surface area contributed by atoms with Crippen LogP contribution in [-0.2, 0) is 6.54 Å². The van der Waals surface area contributed by atoms with Crippen molar-refractivity contribution >= 4 is 36.5 Å². The number of anilines is 1. The average Bonchev–Trinajstić information content (AvgIpc) is 2.24. The van der Waals surface area contributed by atoms with E-state index < -0.39 is 0 Å². The Hall–Kier alpha value is -0.970. The highest BCUT2D eigenvalue weighted by Crippen LogP contribution is 2.18. The molecule has 18 heavy (non-hydrogen) atoms. The summed E-state index contributed by atoms with van der Waals surface area (Å²) in [6.07, 6.45) is 0. The summed E-state index contributed by atoms with van der Waals surface area (Å²) in [5.74, 6) is 0.340. The fourth-order valence-electron chi connectivity index (χ4n) is 1.56. The Morgan fingerprint density at radius 3 is 2.50 bits per heavy atom. The first-order chi connectivity index (χ1) is 7.69. The second-order valence-corrected chi connectivity index (χ2v) is 3.65. The van der Waals surface area contributed by atoms with Crippen molar-refractivity contribution in [2.45, 2.75) is 20.4 Å². The van der Waals surface area contributed by atoms with Crippen LogP contribution in [0.15, 0.2) is 18.2 Å². The van der Waals surface area contributed by atoms with Crippen molar-refractivity contribution in [3.8, 4) is 0 Å². The topological polar surface area (TPSA) is 59.9 Å². The van der Waals surface area contributed by atoms with Crippen LogP contribution in [0.2, 0.25) is 0 Å². The third-order valence-corrected chi connectivity index (χ3v) is 2.43. The monoisotopic (exact) mass is 292 g/mol. The van der Waals surface area contributed by atoms with E-state index in [-0.39, 0.29) is 24.8 Å². The van der Waals surface area contributed by atoms with Crippen LogP contribution in [0.1, 0.15) is 18.1 Å². The summed E-state index contributed by atoms with van der Waals surface area (Å²) in [4.78, 5) is 0. The maximum Gasteiger partial charge on any atom is 0.192 e. The van der Waals surface area contributed by atoms with Crippen molar-refractivity contribution in [2.24, 2.45) is 0 Å². The maximum atomic E-state index is 7.66. The van der Waals surface area contributed by atoms with Crippen LogP contribution < -0.4 is 16.0 Å². The first-order valence-electron chi connectivity index (χ1n) is 5.51. The van der Waals surface area contributed by atoms with Crippen molar-refractivity contribution in [1.29, 1.82) is 5.41 Å². The Labute approximate surface area is 121 Å². The summed E-state index contributed by atoms with van der Waals surface area (Å²) in [5, 5.41) is 16.8. The minimum absolute atomic E-state index is 0. The molecule has 0 fully saturated rings. The summed E-state index contributed by atoms with van der Waals surface area (Å²) >= 11 is 0. The minimum atomic E-state index is 0. The zero-order chi connectivity index (χ0) is 12.0. The Bertz CT molecular complexity index is 369. The molecule has 0 saturated heterocycles. The summed E-state index contributed by atoms with van der Waals surface area (Å²) in [6, 6.07) is 6.08. The normalized spacial score (nSPS) is 8.83. The van der Waals surface area contributed by atoms with Gasteiger partial charge in [0.15, 0.2) is 5.96 Å². The highest BCUT2D eigenvalue weighted by atomic mass is 35.5. The number of guanidine groups is 1. The Balaban J connectivity index is 0. The van der Waals surface area contributed by atoms with Gasteiger partial charge in [0.1, 0.15) is 0 Å². The number of rotatable bonds is 4. The van der Waals surface area contributed by atoms with E-state index in [1.54, 1.807) is 0 Å². The first-order valence-corrected chi connectivity index (χ1v) is 5.51. The van der Waals surface area contributed by atoms with E-state index in [0.717, 1.165) is 18.8 Å². The van der Waals surface area contributed by atoms with E-state index in [1.807, 2.05) is 26.1 Å². The number of halogens is 2. The molecule has 1 aromatic rings. The van der Waals surface area contributed by atoms with Gasteiger partial charge in [0.25, 0.3) is 0 Å². The molecule has 0 unspecified atom stereocenters. The quantitative estimate of drug-likeness (QED) is 0.509. The van der Waals surface area contributed by atoms with Crippen molar-refractivity contribution in [3.63, 3.8) is 0 Å². The molecule has 4 nitrogen and oxygen atoms in total. The zero-order valence-corrected chi connectivity index (χ0v) is 12.6. The van der Waals surface area contributed by atoms with Gasteiger partial charge in [0.05, 0.1) is 0 Å². The maximum absolute atomic E-state index is 7.66. The Kier molecular flexibility index (Phi) is 10.8. The molecule has 0 atom stereocenters. The van der Waals surface area contributed by atoms with Gasteiger partial charge in [-0.25, -0.2) is 0 Å². The van der Waals surface area contributed by atoms with Gasteiger partial charge in [-0.15, -0.1) is 24.8 Å². The van der Waals surface area contributed by atoms with E-state index in [4.69, 9.17) is 5.41 Å². The second-order valence-electron chi connectivity index (χ2n) is 3.65. The lowest BCUT2D eigenvalue weighted by Crippen LogP contribution is -2.29. The van der Waals surface area contributed by atoms with Crippen molar-refractivity contribution < 1.29 is 0 Å². The van der Waals surface area contributed by atoms with Crippen molar-refractivity contribution in [3.05, 3.63) is 29.3 Å². The van der Waals surface area contributed by atoms with E-state index in [0.29, 0.717) is 5.96 Å². The molecule has 0 saturated carbocycles. The molecule has 0 aromatic heterocycles. The SMILES string of the molecule is CCNC(=N)Nc1cccc(CNC)c1C.Cl.Cl. The lowest BCUT2D eigenvalue weighted by atomic mass is 10.1. The summed E-state index contributed by atoms with van der Waals surface area (Å²) in [5.41, 5.74) is 3.41. The number of benzene rings is 1. The molecule has 0 aliphatic carbocycles. The molecule has 0 aliphatic heterocycles. The minimum Gasteiger partial charge on any atom is -0.357 e. The van der Waals surface area contributed by atoms with Gasteiger partial charge in [-0.1, -0.05) is 12.1 Å². The van der Waals surface area contributed by atoms with Crippen LogP contribution in [0.25, 0.3) is 0 Å². The molecule has 1 rings (SSSR count). The van der Waals surface area contributed by atoms with Gasteiger partial charge >= 0.3 is 0 Å². The van der Waals surface area contributed by atoms with E-state index >= 15 is 0 Å². The molecule has 0 aliphatic rings. The van der Waals surface area contributed by atoms with Gasteiger partial charge in [0.2, 0.25) is 0 Å². The van der Waals surface area contributed by atoms with Gasteiger partial charge in [0, 0.05) is 18.8 Å². The van der Waals surface area contributed by atoms with Gasteiger partial charge in [-0.2, -0.15) is 0 Å². The number of nitrogens with one attached hydrogen (secondary N) is 4. The molecule has 0 radical (unpaired) electrons. The highest BCUT2D eigenvalue weighted by Gasteiger charge is 2.04. The average molecular weight is 293 g/mol. The van der Waals surface area contributed by atoms with Crippen LogP contribution >= 0.6 is 24.8 Å². The third kappa shape index (κ3) is 5.58. The molecule has 0 spiro atoms. The second kappa shape index (κ2) is 10.00. The lowest BCUT2D eigenvalue weighted by Gasteiger charge is -2.14. The largest absolute Gasteiger partial charge is 0.357 e. The number of hydrogen-bond acceptors (Lipinski definition) is 2. The molecule has 0 amide bonds. The first kappa shape index (κ1) is 19.4. The molecule has 4 N–H and O–H groups in total. The Morgan fingerprint density at radius 1 is 1.28 bits per heavy atom. The fourth-order valence-corrected chi connectivity index (χ4v) is 1.56. The predicted octanol–water partition coefficient (Wildman–Crippen LogP) is 2.51. The standard InChI is InChI=1S/C12H20N4.2ClH/c1-4-15-12(13)16-11-7-5-6-10(8-14-3)9(11)2;;/h5-7,14H,4,8H2,1-3H3,(H3,13,15,16);2*1H. The molecular weight excluding hydrogens is 271 g/mol. The third-order valence-electron chi connectivity index (χ3n) is 2.43. The van der Waals surface area contributed by atoms with Crippen LogP contribution in [0.3, 0.4) is 0 Å². The van der Waals surface area contributed by atoms with Gasteiger partial charge in [-0.3, -0.25) is 5.41 Å². The summed E-state index contributed by atoms with van der Waals surface area (Å²) < 4.78 is 0. The van der Waals surface area contributed by atoms with E-state index in [2.05, 4.69) is 28.9 Å². The van der Waals surface area contributed by atoms with Crippen LogP contribution in [0.4, 0.5) is 5.69 Å². The lowest BCUT2D eigenvalue weighted by molar-refractivity contribution is 0.812. The fraction of sp³-hybridized carbons (Fsp3) is 0.417. The van der Waals surface area contributed by atoms with E-state index in [9.17, 15) is 0 Å². The molecule has 0 bridgehead atoms. The number of hydrogen-bond donors (Lipinski definition) is 4. The van der Waals surface area contributed by atoms with Crippen LogP contribution in [-0.4, -0.2) is 19.6 Å². The summed E-state index contributed by atoms with van der Waals surface area (Å²) in [7, 11) is 1.93. The predicted molar refractivity (Wildman–Crippen MR) is 83.5 cm³/mol. The Morgan fingerprint density at radius 2 is 1.94 bits per heavy atom. The molecule has 104 valence electrons. The van der Waals surface area contributed by atoms with Gasteiger partial charge < -0.3 is 16.0 Å². The van der Waals surface area contributed by atoms with Crippen LogP contribution in [0.5, 0.6) is 0 Å². The van der Waals surface area contributed by atoms with Crippen molar-refractivity contribution in [1.82, 2.24) is 10.6 Å². The van der Waals surface area contributed by atoms with Crippen molar-refractivity contribution in [2.75, 3.05) is 18.9 Å². The highest BCUT2D eigenvalue weighted by molar-refractivity contribution is 5.92. The van der Waals surface area contributed by atoms with Crippen LogP contribution in [0, 0.1) is 12.3 Å². The van der Waals surface area contributed by atoms with E-state index in [1.165, 1.54) is 11.1 Å².